The number of aryl methyl sites for hydroxylation is 1. The van der Waals surface area contributed by atoms with E-state index in [0.29, 0.717) is 0 Å². The number of benzene rings is 1. The Hall–Kier alpha value is -1.08. The van der Waals surface area contributed by atoms with E-state index in [1.54, 1.807) is 0 Å². The SMILES string of the molecule is CNC/C=C(/C)c1ccc(C)cc1. The highest BCUT2D eigenvalue weighted by Crippen LogP contribution is 2.13. The van der Waals surface area contributed by atoms with Gasteiger partial charge in [-0.15, -0.1) is 0 Å². The summed E-state index contributed by atoms with van der Waals surface area (Å²) in [5, 5.41) is 3.10. The van der Waals surface area contributed by atoms with Crippen molar-refractivity contribution >= 4 is 5.57 Å². The maximum absolute atomic E-state index is 3.10. The highest BCUT2D eigenvalue weighted by Gasteiger charge is 1.93. The zero-order valence-corrected chi connectivity index (χ0v) is 8.59. The van der Waals surface area contributed by atoms with Crippen molar-refractivity contribution in [3.63, 3.8) is 0 Å². The van der Waals surface area contributed by atoms with Gasteiger partial charge in [0.1, 0.15) is 0 Å². The molecular formula is C12H17N. The molecule has 0 atom stereocenters. The van der Waals surface area contributed by atoms with Gasteiger partial charge in [0, 0.05) is 6.54 Å². The fraction of sp³-hybridized carbons (Fsp3) is 0.333. The molecule has 0 spiro atoms. The average molecular weight is 175 g/mol. The molecule has 0 saturated carbocycles. The summed E-state index contributed by atoms with van der Waals surface area (Å²) in [5.41, 5.74) is 3.94. The minimum absolute atomic E-state index is 0.930. The molecule has 0 bridgehead atoms. The summed E-state index contributed by atoms with van der Waals surface area (Å²) >= 11 is 0. The first-order valence-corrected chi connectivity index (χ1v) is 4.62. The van der Waals surface area contributed by atoms with E-state index in [4.69, 9.17) is 0 Å². The molecule has 1 heteroatoms. The predicted octanol–water partition coefficient (Wildman–Crippen LogP) is 2.62. The maximum atomic E-state index is 3.10. The van der Waals surface area contributed by atoms with Crippen LogP contribution in [-0.2, 0) is 0 Å². The second kappa shape index (κ2) is 4.83. The number of allylic oxidation sites excluding steroid dienone is 1. The van der Waals surface area contributed by atoms with E-state index in [1.807, 2.05) is 7.05 Å². The molecule has 1 aromatic rings. The summed E-state index contributed by atoms with van der Waals surface area (Å²) in [5.74, 6) is 0. The lowest BCUT2D eigenvalue weighted by molar-refractivity contribution is 0.920. The topological polar surface area (TPSA) is 12.0 Å². The van der Waals surface area contributed by atoms with Crippen LogP contribution in [0, 0.1) is 6.92 Å². The molecule has 0 unspecified atom stereocenters. The van der Waals surface area contributed by atoms with E-state index in [2.05, 4.69) is 49.5 Å². The van der Waals surface area contributed by atoms with Crippen molar-refractivity contribution < 1.29 is 0 Å². The Labute approximate surface area is 80.5 Å². The van der Waals surface area contributed by atoms with Gasteiger partial charge >= 0.3 is 0 Å². The summed E-state index contributed by atoms with van der Waals surface area (Å²) in [7, 11) is 1.96. The van der Waals surface area contributed by atoms with Crippen LogP contribution in [0.15, 0.2) is 30.3 Å². The monoisotopic (exact) mass is 175 g/mol. The summed E-state index contributed by atoms with van der Waals surface area (Å²) in [6.45, 7) is 5.18. The zero-order chi connectivity index (χ0) is 9.68. The molecule has 0 aliphatic carbocycles. The Balaban J connectivity index is 2.77. The molecule has 0 amide bonds. The van der Waals surface area contributed by atoms with Crippen LogP contribution >= 0.6 is 0 Å². The van der Waals surface area contributed by atoms with E-state index >= 15 is 0 Å². The average Bonchev–Trinajstić information content (AvgIpc) is 2.15. The van der Waals surface area contributed by atoms with E-state index in [-0.39, 0.29) is 0 Å². The van der Waals surface area contributed by atoms with Crippen molar-refractivity contribution in [2.24, 2.45) is 0 Å². The predicted molar refractivity (Wildman–Crippen MR) is 58.8 cm³/mol. The smallest absolute Gasteiger partial charge is 0.0137 e. The van der Waals surface area contributed by atoms with Gasteiger partial charge in [0.25, 0.3) is 0 Å². The number of hydrogen-bond acceptors (Lipinski definition) is 1. The van der Waals surface area contributed by atoms with Gasteiger partial charge in [0.2, 0.25) is 0 Å². The number of nitrogens with one attached hydrogen (secondary N) is 1. The third-order valence-electron chi connectivity index (χ3n) is 2.12. The fourth-order valence-corrected chi connectivity index (χ4v) is 1.19. The van der Waals surface area contributed by atoms with Crippen LogP contribution in [0.4, 0.5) is 0 Å². The van der Waals surface area contributed by atoms with Crippen molar-refractivity contribution in [1.82, 2.24) is 5.32 Å². The molecular weight excluding hydrogens is 158 g/mol. The van der Waals surface area contributed by atoms with Crippen molar-refractivity contribution in [3.05, 3.63) is 41.5 Å². The van der Waals surface area contributed by atoms with Gasteiger partial charge in [-0.2, -0.15) is 0 Å². The Bertz CT molecular complexity index is 282. The Kier molecular flexibility index (Phi) is 3.71. The number of likely N-dealkylation sites (N-methyl/N-ethyl adjacent to an activating group) is 1. The molecule has 0 saturated heterocycles. The largest absolute Gasteiger partial charge is 0.316 e. The molecule has 70 valence electrons. The molecule has 1 aromatic carbocycles. The van der Waals surface area contributed by atoms with E-state index in [0.717, 1.165) is 6.54 Å². The van der Waals surface area contributed by atoms with Gasteiger partial charge in [-0.3, -0.25) is 0 Å². The van der Waals surface area contributed by atoms with Gasteiger partial charge in [-0.1, -0.05) is 35.9 Å². The van der Waals surface area contributed by atoms with Crippen molar-refractivity contribution in [2.45, 2.75) is 13.8 Å². The molecule has 13 heavy (non-hydrogen) atoms. The standard InChI is InChI=1S/C12H17N/c1-10-4-6-12(7-5-10)11(2)8-9-13-3/h4-8,13H,9H2,1-3H3/b11-8-. The van der Waals surface area contributed by atoms with Crippen LogP contribution in [0.5, 0.6) is 0 Å². The minimum Gasteiger partial charge on any atom is -0.316 e. The van der Waals surface area contributed by atoms with Crippen LogP contribution in [0.2, 0.25) is 0 Å². The molecule has 0 aromatic heterocycles. The van der Waals surface area contributed by atoms with Crippen molar-refractivity contribution in [1.29, 1.82) is 0 Å². The highest BCUT2D eigenvalue weighted by atomic mass is 14.8. The van der Waals surface area contributed by atoms with Crippen LogP contribution in [0.25, 0.3) is 5.57 Å². The Morgan fingerprint density at radius 2 is 1.92 bits per heavy atom. The van der Waals surface area contributed by atoms with Crippen LogP contribution < -0.4 is 5.32 Å². The van der Waals surface area contributed by atoms with E-state index in [1.165, 1.54) is 16.7 Å². The lowest BCUT2D eigenvalue weighted by atomic mass is 10.1. The molecule has 0 aliphatic heterocycles. The second-order valence-corrected chi connectivity index (χ2v) is 3.31. The van der Waals surface area contributed by atoms with Gasteiger partial charge in [0.05, 0.1) is 0 Å². The normalized spacial score (nSPS) is 11.8. The number of rotatable bonds is 3. The summed E-state index contributed by atoms with van der Waals surface area (Å²) in [6, 6.07) is 8.62. The van der Waals surface area contributed by atoms with Gasteiger partial charge in [-0.05, 0) is 32.0 Å². The third kappa shape index (κ3) is 3.03. The third-order valence-corrected chi connectivity index (χ3v) is 2.12. The second-order valence-electron chi connectivity index (χ2n) is 3.31. The van der Waals surface area contributed by atoms with E-state index in [9.17, 15) is 0 Å². The Morgan fingerprint density at radius 1 is 1.31 bits per heavy atom. The first-order chi connectivity index (χ1) is 6.24. The molecule has 0 heterocycles. The minimum atomic E-state index is 0.930. The molecule has 1 nitrogen and oxygen atoms in total. The van der Waals surface area contributed by atoms with Gasteiger partial charge in [0.15, 0.2) is 0 Å². The first-order valence-electron chi connectivity index (χ1n) is 4.62. The fourth-order valence-electron chi connectivity index (χ4n) is 1.19. The van der Waals surface area contributed by atoms with Crippen molar-refractivity contribution in [2.75, 3.05) is 13.6 Å². The van der Waals surface area contributed by atoms with Crippen molar-refractivity contribution in [3.8, 4) is 0 Å². The van der Waals surface area contributed by atoms with Gasteiger partial charge in [-0.25, -0.2) is 0 Å². The summed E-state index contributed by atoms with van der Waals surface area (Å²) < 4.78 is 0. The summed E-state index contributed by atoms with van der Waals surface area (Å²) in [6.07, 6.45) is 2.20. The molecule has 0 radical (unpaired) electrons. The lowest BCUT2D eigenvalue weighted by Gasteiger charge is -2.02. The number of hydrogen-bond donors (Lipinski definition) is 1. The van der Waals surface area contributed by atoms with Crippen LogP contribution in [0.1, 0.15) is 18.1 Å². The lowest BCUT2D eigenvalue weighted by Crippen LogP contribution is -2.04. The molecule has 1 rings (SSSR count). The zero-order valence-electron chi connectivity index (χ0n) is 8.59. The Morgan fingerprint density at radius 3 is 2.46 bits per heavy atom. The van der Waals surface area contributed by atoms with Crippen LogP contribution in [-0.4, -0.2) is 13.6 Å². The molecule has 1 N–H and O–H groups in total. The first kappa shape index (κ1) is 10.0. The quantitative estimate of drug-likeness (QED) is 0.744. The maximum Gasteiger partial charge on any atom is 0.0137 e. The highest BCUT2D eigenvalue weighted by molar-refractivity contribution is 5.63. The van der Waals surface area contributed by atoms with E-state index < -0.39 is 0 Å². The summed E-state index contributed by atoms with van der Waals surface area (Å²) in [4.78, 5) is 0. The molecule has 0 aliphatic rings. The van der Waals surface area contributed by atoms with Gasteiger partial charge < -0.3 is 5.32 Å². The van der Waals surface area contributed by atoms with Crippen LogP contribution in [0.3, 0.4) is 0 Å². The molecule has 0 fully saturated rings.